The fraction of sp³-hybridized carbons (Fsp3) is 0.233. The van der Waals surface area contributed by atoms with Crippen molar-refractivity contribution in [2.75, 3.05) is 19.8 Å². The minimum Gasteiger partial charge on any atom is -0.483 e. The molecule has 0 aliphatic carbocycles. The molecule has 0 spiro atoms. The number of rotatable bonds is 17. The van der Waals surface area contributed by atoms with Crippen LogP contribution in [0.15, 0.2) is 80.2 Å². The van der Waals surface area contributed by atoms with Crippen molar-refractivity contribution in [1.82, 2.24) is 10.6 Å². The summed E-state index contributed by atoms with van der Waals surface area (Å²) in [6.45, 7) is -1.50. The van der Waals surface area contributed by atoms with Crippen LogP contribution in [-0.2, 0) is 54.9 Å². The first-order valence-electron chi connectivity index (χ1n) is 15.0. The summed E-state index contributed by atoms with van der Waals surface area (Å²) in [5.74, 6) is -3.58. The lowest BCUT2D eigenvalue weighted by Crippen LogP contribution is -2.43. The van der Waals surface area contributed by atoms with Crippen molar-refractivity contribution < 1.29 is 80.8 Å². The number of hydrogen-bond acceptors (Lipinski definition) is 13. The standard InChI is InChI=1S/C30H30N2O18S4/c33-28(15-49-26-13-21(53(43,44)45)11-17-9-19(51(37,38)39)4-6-23(17)26)31-8-2-1-3-25(30(35)36)32-29(34)16-50-27-14-22(54(46,47)48)12-18-10-20(52(40,41)42)5-7-24(18)27/h4-7,9-14,25H,1-3,8,15-16H2,(H,31,33)(H,32,34)(H,35,36)(H,37,38,39)(H,40,41,42)(H,43,44,45)(H,46,47,48)/t25-/m0/s1. The van der Waals surface area contributed by atoms with E-state index in [2.05, 4.69) is 10.6 Å². The number of carbonyl (C=O) groups excluding carboxylic acids is 2. The highest BCUT2D eigenvalue weighted by Gasteiger charge is 2.22. The fourth-order valence-electron chi connectivity index (χ4n) is 4.96. The van der Waals surface area contributed by atoms with Gasteiger partial charge in [0.1, 0.15) is 17.5 Å². The molecule has 0 aliphatic heterocycles. The highest BCUT2D eigenvalue weighted by Crippen LogP contribution is 2.33. The van der Waals surface area contributed by atoms with E-state index in [9.17, 15) is 71.4 Å². The van der Waals surface area contributed by atoms with E-state index >= 15 is 0 Å². The number of carboxylic acids is 1. The molecule has 0 saturated carbocycles. The van der Waals surface area contributed by atoms with Gasteiger partial charge in [-0.1, -0.05) is 0 Å². The van der Waals surface area contributed by atoms with Gasteiger partial charge in [-0.2, -0.15) is 33.7 Å². The number of hydrogen-bond donors (Lipinski definition) is 7. The van der Waals surface area contributed by atoms with E-state index in [1.165, 1.54) is 6.07 Å². The summed E-state index contributed by atoms with van der Waals surface area (Å²) in [7, 11) is -19.0. The molecule has 0 radical (unpaired) electrons. The molecule has 1 atom stereocenters. The second-order valence-electron chi connectivity index (χ2n) is 11.4. The van der Waals surface area contributed by atoms with Gasteiger partial charge in [-0.15, -0.1) is 0 Å². The number of benzene rings is 4. The van der Waals surface area contributed by atoms with E-state index in [1.54, 1.807) is 0 Å². The molecular formula is C30H30N2O18S4. The van der Waals surface area contributed by atoms with Gasteiger partial charge in [0.05, 0.1) is 19.6 Å². The Morgan fingerprint density at radius 2 is 0.981 bits per heavy atom. The molecule has 0 saturated heterocycles. The van der Waals surface area contributed by atoms with Gasteiger partial charge in [-0.05, 0) is 78.6 Å². The van der Waals surface area contributed by atoms with Crippen LogP contribution < -0.4 is 20.1 Å². The van der Waals surface area contributed by atoms with E-state index in [1.807, 2.05) is 0 Å². The summed E-state index contributed by atoms with van der Waals surface area (Å²) < 4.78 is 142. The minimum absolute atomic E-state index is 0.00555. The minimum atomic E-state index is -4.85. The average molecular weight is 835 g/mol. The zero-order valence-corrected chi connectivity index (χ0v) is 30.5. The van der Waals surface area contributed by atoms with Crippen molar-refractivity contribution in [2.45, 2.75) is 44.9 Å². The van der Waals surface area contributed by atoms with Crippen LogP contribution in [0.25, 0.3) is 21.5 Å². The summed E-state index contributed by atoms with van der Waals surface area (Å²) in [5.41, 5.74) is 0. The third kappa shape index (κ3) is 11.0. The monoisotopic (exact) mass is 834 g/mol. The van der Waals surface area contributed by atoms with Crippen molar-refractivity contribution in [3.63, 3.8) is 0 Å². The molecule has 4 rings (SSSR count). The molecule has 0 aliphatic rings. The fourth-order valence-corrected chi connectivity index (χ4v) is 7.06. The van der Waals surface area contributed by atoms with E-state index in [0.717, 1.165) is 54.6 Å². The molecule has 292 valence electrons. The molecule has 0 bridgehead atoms. The van der Waals surface area contributed by atoms with Crippen LogP contribution in [0.4, 0.5) is 0 Å². The Labute approximate surface area is 307 Å². The van der Waals surface area contributed by atoms with Crippen molar-refractivity contribution in [3.05, 3.63) is 60.7 Å². The predicted octanol–water partition coefficient (Wildman–Crippen LogP) is 1.29. The molecule has 0 aromatic heterocycles. The van der Waals surface area contributed by atoms with Gasteiger partial charge in [0.15, 0.2) is 13.2 Å². The summed E-state index contributed by atoms with van der Waals surface area (Å²) in [4.78, 5) is 34.2. The van der Waals surface area contributed by atoms with Crippen LogP contribution >= 0.6 is 0 Å². The van der Waals surface area contributed by atoms with Gasteiger partial charge in [-0.25, -0.2) is 4.79 Å². The molecule has 0 unspecified atom stereocenters. The zero-order valence-electron chi connectivity index (χ0n) is 27.3. The predicted molar refractivity (Wildman–Crippen MR) is 185 cm³/mol. The Balaban J connectivity index is 1.31. The maximum atomic E-state index is 12.6. The van der Waals surface area contributed by atoms with Gasteiger partial charge in [0.2, 0.25) is 0 Å². The smallest absolute Gasteiger partial charge is 0.326 e. The van der Waals surface area contributed by atoms with Crippen molar-refractivity contribution in [3.8, 4) is 11.5 Å². The largest absolute Gasteiger partial charge is 0.483 e. The van der Waals surface area contributed by atoms with Crippen LogP contribution in [0.1, 0.15) is 19.3 Å². The van der Waals surface area contributed by atoms with Crippen molar-refractivity contribution in [1.29, 1.82) is 0 Å². The summed E-state index contributed by atoms with van der Waals surface area (Å²) in [6, 6.07) is 8.35. The van der Waals surface area contributed by atoms with Gasteiger partial charge in [0.25, 0.3) is 52.3 Å². The first kappa shape index (κ1) is 41.8. The highest BCUT2D eigenvalue weighted by atomic mass is 32.2. The van der Waals surface area contributed by atoms with Crippen LogP contribution in [0, 0.1) is 0 Å². The van der Waals surface area contributed by atoms with Gasteiger partial charge < -0.3 is 25.2 Å². The summed E-state index contributed by atoms with van der Waals surface area (Å²) in [6.07, 6.45) is 0.252. The first-order chi connectivity index (χ1) is 24.9. The molecule has 20 nitrogen and oxygen atoms in total. The van der Waals surface area contributed by atoms with E-state index in [4.69, 9.17) is 9.47 Å². The van der Waals surface area contributed by atoms with Crippen LogP contribution in [-0.4, -0.2) is 101 Å². The van der Waals surface area contributed by atoms with E-state index < -0.39 is 97.1 Å². The van der Waals surface area contributed by atoms with Gasteiger partial charge in [0, 0.05) is 29.4 Å². The number of unbranched alkanes of at least 4 members (excludes halogenated alkanes) is 1. The summed E-state index contributed by atoms with van der Waals surface area (Å²) in [5, 5.41) is 14.4. The molecular weight excluding hydrogens is 805 g/mol. The van der Waals surface area contributed by atoms with Gasteiger partial charge in [-0.3, -0.25) is 27.8 Å². The second-order valence-corrected chi connectivity index (χ2v) is 17.1. The Hall–Kier alpha value is -4.95. The zero-order chi connectivity index (χ0) is 40.2. The van der Waals surface area contributed by atoms with Crippen molar-refractivity contribution >= 4 is 79.8 Å². The molecule has 4 aromatic rings. The normalized spacial score (nSPS) is 13.0. The number of fused-ring (bicyclic) bond motifs is 2. The third-order valence-electron chi connectivity index (χ3n) is 7.50. The third-order valence-corrected chi connectivity index (χ3v) is 10.9. The first-order valence-corrected chi connectivity index (χ1v) is 20.8. The Bertz CT molecular complexity index is 2580. The number of aliphatic carboxylic acids is 1. The number of ether oxygens (including phenoxy) is 2. The molecule has 0 heterocycles. The van der Waals surface area contributed by atoms with E-state index in [0.29, 0.717) is 0 Å². The lowest BCUT2D eigenvalue weighted by Gasteiger charge is -2.16. The molecule has 2 amide bonds. The number of carboxylic acid groups (broad SMARTS) is 1. The van der Waals surface area contributed by atoms with Crippen molar-refractivity contribution in [2.24, 2.45) is 0 Å². The van der Waals surface area contributed by atoms with Crippen LogP contribution in [0.3, 0.4) is 0 Å². The molecule has 7 N–H and O–H groups in total. The number of nitrogens with one attached hydrogen (secondary N) is 2. The molecule has 4 aromatic carbocycles. The molecule has 24 heteroatoms. The van der Waals surface area contributed by atoms with Crippen LogP contribution in [0.2, 0.25) is 0 Å². The highest BCUT2D eigenvalue weighted by molar-refractivity contribution is 7.86. The summed E-state index contributed by atoms with van der Waals surface area (Å²) >= 11 is 0. The quantitative estimate of drug-likeness (QED) is 0.0582. The van der Waals surface area contributed by atoms with E-state index in [-0.39, 0.29) is 58.9 Å². The Morgan fingerprint density at radius 3 is 1.39 bits per heavy atom. The average Bonchev–Trinajstić information content (AvgIpc) is 3.06. The second kappa shape index (κ2) is 16.2. The lowest BCUT2D eigenvalue weighted by atomic mass is 10.1. The number of amides is 2. The Kier molecular flexibility index (Phi) is 12.5. The SMILES string of the molecule is O=C(COc1cc(S(=O)(=O)O)cc2cc(S(=O)(=O)O)ccc12)NCCCC[C@H](NC(=O)COc1cc(S(=O)(=O)O)cc2cc(S(=O)(=O)O)ccc12)C(=O)O. The lowest BCUT2D eigenvalue weighted by molar-refractivity contribution is -0.142. The van der Waals surface area contributed by atoms with Crippen LogP contribution in [0.5, 0.6) is 11.5 Å². The molecule has 0 fully saturated rings. The van der Waals surface area contributed by atoms with Gasteiger partial charge >= 0.3 is 5.97 Å². The maximum Gasteiger partial charge on any atom is 0.326 e. The molecule has 54 heavy (non-hydrogen) atoms. The Morgan fingerprint density at radius 1 is 0.574 bits per heavy atom. The number of carbonyl (C=O) groups is 3. The maximum absolute atomic E-state index is 12.6. The topological polar surface area (TPSA) is 331 Å².